The average Bonchev–Trinajstić information content (AvgIpc) is 1.86. The number of rotatable bonds is 0. The van der Waals surface area contributed by atoms with Gasteiger partial charge in [-0.25, -0.2) is 0 Å². The first-order chi connectivity index (χ1) is 5.00. The number of alkyl halides is 3. The van der Waals surface area contributed by atoms with E-state index in [4.69, 9.17) is 0 Å². The highest BCUT2D eigenvalue weighted by molar-refractivity contribution is 4.78. The molecule has 0 aromatic heterocycles. The average molecular weight is 167 g/mol. The van der Waals surface area contributed by atoms with E-state index in [9.17, 15) is 13.2 Å². The van der Waals surface area contributed by atoms with Crippen molar-refractivity contribution in [3.8, 4) is 0 Å². The van der Waals surface area contributed by atoms with Gasteiger partial charge in [0.2, 0.25) is 0 Å². The molecule has 0 bridgehead atoms. The number of piperidine rings is 1. The van der Waals surface area contributed by atoms with Crippen molar-refractivity contribution in [2.75, 3.05) is 6.54 Å². The van der Waals surface area contributed by atoms with Crippen molar-refractivity contribution in [2.24, 2.45) is 5.92 Å². The van der Waals surface area contributed by atoms with Gasteiger partial charge in [-0.3, -0.25) is 0 Å². The Bertz CT molecular complexity index is 124. The molecule has 1 saturated heterocycles. The summed E-state index contributed by atoms with van der Waals surface area (Å²) in [6.07, 6.45) is -3.10. The van der Waals surface area contributed by atoms with Crippen LogP contribution >= 0.6 is 0 Å². The molecule has 1 aliphatic heterocycles. The van der Waals surface area contributed by atoms with Gasteiger partial charge in [0.15, 0.2) is 0 Å². The Hall–Kier alpha value is -0.250. The van der Waals surface area contributed by atoms with Crippen molar-refractivity contribution < 1.29 is 13.2 Å². The second-order valence-electron chi connectivity index (χ2n) is 3.13. The van der Waals surface area contributed by atoms with Crippen LogP contribution in [0.3, 0.4) is 0 Å². The molecule has 1 heterocycles. The molecular weight excluding hydrogens is 155 g/mol. The minimum atomic E-state index is -4.01. The van der Waals surface area contributed by atoms with Crippen LogP contribution in [0.2, 0.25) is 0 Å². The number of hydrogen-bond acceptors (Lipinski definition) is 1. The van der Waals surface area contributed by atoms with E-state index < -0.39 is 12.1 Å². The largest absolute Gasteiger partial charge is 0.393 e. The summed E-state index contributed by atoms with van der Waals surface area (Å²) in [6.45, 7) is 2.00. The topological polar surface area (TPSA) is 12.0 Å². The van der Waals surface area contributed by atoms with E-state index in [-0.39, 0.29) is 19.0 Å². The zero-order valence-electron chi connectivity index (χ0n) is 6.41. The molecule has 0 radical (unpaired) electrons. The summed E-state index contributed by atoms with van der Waals surface area (Å²) in [6, 6.07) is 0.244. The molecule has 1 rings (SSSR count). The second kappa shape index (κ2) is 3.01. The third-order valence-corrected chi connectivity index (χ3v) is 2.12. The molecule has 0 aromatic carbocycles. The van der Waals surface area contributed by atoms with Gasteiger partial charge in [-0.2, -0.15) is 13.2 Å². The van der Waals surface area contributed by atoms with Gasteiger partial charge in [-0.15, -0.1) is 0 Å². The predicted octanol–water partition coefficient (Wildman–Crippen LogP) is 1.94. The Morgan fingerprint density at radius 2 is 1.91 bits per heavy atom. The summed E-state index contributed by atoms with van der Waals surface area (Å²) >= 11 is 0. The lowest BCUT2D eigenvalue weighted by atomic mass is 9.95. The fourth-order valence-corrected chi connectivity index (χ4v) is 1.28. The van der Waals surface area contributed by atoms with Crippen LogP contribution < -0.4 is 5.32 Å². The maximum absolute atomic E-state index is 12.0. The zero-order valence-corrected chi connectivity index (χ0v) is 6.41. The summed E-state index contributed by atoms with van der Waals surface area (Å²) in [5.74, 6) is -1.13. The summed E-state index contributed by atoms with van der Waals surface area (Å²) in [7, 11) is 0. The van der Waals surface area contributed by atoms with Gasteiger partial charge in [-0.05, 0) is 19.8 Å². The van der Waals surface area contributed by atoms with Gasteiger partial charge in [0.05, 0.1) is 5.92 Å². The number of hydrogen-bond donors (Lipinski definition) is 1. The van der Waals surface area contributed by atoms with Gasteiger partial charge >= 0.3 is 6.18 Å². The maximum atomic E-state index is 12.0. The fraction of sp³-hybridized carbons (Fsp3) is 1.00. The maximum Gasteiger partial charge on any atom is 0.393 e. The van der Waals surface area contributed by atoms with E-state index in [1.54, 1.807) is 0 Å². The van der Waals surface area contributed by atoms with Crippen molar-refractivity contribution in [3.05, 3.63) is 0 Å². The molecule has 1 aliphatic rings. The van der Waals surface area contributed by atoms with Gasteiger partial charge in [0.25, 0.3) is 0 Å². The van der Waals surface area contributed by atoms with Gasteiger partial charge < -0.3 is 5.32 Å². The summed E-state index contributed by atoms with van der Waals surface area (Å²) in [5, 5.41) is 2.82. The molecule has 0 spiro atoms. The van der Waals surface area contributed by atoms with E-state index >= 15 is 0 Å². The smallest absolute Gasteiger partial charge is 0.314 e. The lowest BCUT2D eigenvalue weighted by Crippen LogP contribution is -2.42. The van der Waals surface area contributed by atoms with Crippen molar-refractivity contribution in [1.29, 1.82) is 0 Å². The molecule has 0 aliphatic carbocycles. The van der Waals surface area contributed by atoms with E-state index in [0.29, 0.717) is 6.42 Å². The van der Waals surface area contributed by atoms with Crippen molar-refractivity contribution in [2.45, 2.75) is 32.0 Å². The van der Waals surface area contributed by atoms with Gasteiger partial charge in [0, 0.05) is 12.6 Å². The Kier molecular flexibility index (Phi) is 2.42. The second-order valence-corrected chi connectivity index (χ2v) is 3.13. The fourth-order valence-electron chi connectivity index (χ4n) is 1.28. The van der Waals surface area contributed by atoms with E-state index in [2.05, 4.69) is 5.32 Å². The predicted molar refractivity (Wildman–Crippen MR) is 36.2 cm³/mol. The molecule has 0 saturated carbocycles. The van der Waals surface area contributed by atoms with Crippen LogP contribution in [-0.4, -0.2) is 18.8 Å². The summed E-state index contributed by atoms with van der Waals surface area (Å²) < 4.78 is 36.1. The quantitative estimate of drug-likeness (QED) is 0.581. The molecule has 4 heteroatoms. The van der Waals surface area contributed by atoms with Crippen LogP contribution in [-0.2, 0) is 0 Å². The molecule has 0 unspecified atom stereocenters. The minimum absolute atomic E-state index is 0.0880. The molecule has 66 valence electrons. The van der Waals surface area contributed by atoms with Crippen molar-refractivity contribution >= 4 is 0 Å². The van der Waals surface area contributed by atoms with Gasteiger partial charge in [-0.1, -0.05) is 0 Å². The molecule has 0 amide bonds. The lowest BCUT2D eigenvalue weighted by Gasteiger charge is -2.28. The third kappa shape index (κ3) is 2.36. The van der Waals surface area contributed by atoms with E-state index in [1.807, 2.05) is 6.92 Å². The number of halogens is 3. The molecule has 0 aromatic rings. The standard InChI is InChI=1S/C7H12F3N/c1-5-2-3-6(4-11-5)7(8,9)10/h5-6,11H,2-4H2,1H3/t5-,6+/m0/s1. The van der Waals surface area contributed by atoms with Gasteiger partial charge in [0.1, 0.15) is 0 Å². The summed E-state index contributed by atoms with van der Waals surface area (Å²) in [5.41, 5.74) is 0. The first-order valence-corrected chi connectivity index (χ1v) is 3.80. The molecule has 2 atom stereocenters. The third-order valence-electron chi connectivity index (χ3n) is 2.12. The Labute approximate surface area is 64.0 Å². The van der Waals surface area contributed by atoms with Crippen molar-refractivity contribution in [3.63, 3.8) is 0 Å². The zero-order chi connectivity index (χ0) is 8.48. The molecule has 1 nitrogen and oxygen atoms in total. The van der Waals surface area contributed by atoms with Crippen LogP contribution in [0.25, 0.3) is 0 Å². The Balaban J connectivity index is 2.39. The van der Waals surface area contributed by atoms with Crippen LogP contribution in [0, 0.1) is 5.92 Å². The van der Waals surface area contributed by atoms with Crippen LogP contribution in [0.4, 0.5) is 13.2 Å². The minimum Gasteiger partial charge on any atom is -0.314 e. The first kappa shape index (κ1) is 8.84. The SMILES string of the molecule is C[C@H]1CC[C@@H](C(F)(F)F)CN1. The van der Waals surface area contributed by atoms with E-state index in [0.717, 1.165) is 0 Å². The monoisotopic (exact) mass is 167 g/mol. The summed E-state index contributed by atoms with van der Waals surface area (Å²) in [4.78, 5) is 0. The molecule has 1 N–H and O–H groups in total. The molecule has 1 fully saturated rings. The highest BCUT2D eigenvalue weighted by Crippen LogP contribution is 2.31. The Morgan fingerprint density at radius 1 is 1.27 bits per heavy atom. The molecule has 11 heavy (non-hydrogen) atoms. The van der Waals surface area contributed by atoms with E-state index in [1.165, 1.54) is 0 Å². The highest BCUT2D eigenvalue weighted by Gasteiger charge is 2.40. The molecular formula is C7H12F3N. The van der Waals surface area contributed by atoms with Crippen molar-refractivity contribution in [1.82, 2.24) is 5.32 Å². The van der Waals surface area contributed by atoms with Crippen LogP contribution in [0.15, 0.2) is 0 Å². The Morgan fingerprint density at radius 3 is 2.27 bits per heavy atom. The lowest BCUT2D eigenvalue weighted by molar-refractivity contribution is -0.179. The number of nitrogens with one attached hydrogen (secondary N) is 1. The van der Waals surface area contributed by atoms with Crippen LogP contribution in [0.5, 0.6) is 0 Å². The van der Waals surface area contributed by atoms with Crippen LogP contribution in [0.1, 0.15) is 19.8 Å². The highest BCUT2D eigenvalue weighted by atomic mass is 19.4. The first-order valence-electron chi connectivity index (χ1n) is 3.80. The normalized spacial score (nSPS) is 33.8.